The van der Waals surface area contributed by atoms with Gasteiger partial charge in [-0.15, -0.1) is 0 Å². The Morgan fingerprint density at radius 2 is 2.00 bits per heavy atom. The molecule has 2 aliphatic rings. The van der Waals surface area contributed by atoms with E-state index in [-0.39, 0.29) is 29.9 Å². The maximum Gasteiger partial charge on any atom is 0.326 e. The Morgan fingerprint density at radius 1 is 1.26 bits per heavy atom. The van der Waals surface area contributed by atoms with Crippen molar-refractivity contribution >= 4 is 22.6 Å². The average Bonchev–Trinajstić information content (AvgIpc) is 3.39. The van der Waals surface area contributed by atoms with Gasteiger partial charge in [0.2, 0.25) is 5.88 Å². The van der Waals surface area contributed by atoms with Crippen LogP contribution >= 0.6 is 0 Å². The number of hydrogen-bond acceptors (Lipinski definition) is 7. The molecular formula is C27H32F2N6O4. The molecule has 0 radical (unpaired) electrons. The van der Waals surface area contributed by atoms with Gasteiger partial charge in [-0.25, -0.2) is 4.98 Å². The highest BCUT2D eigenvalue weighted by molar-refractivity contribution is 6.06. The number of benzene rings is 1. The van der Waals surface area contributed by atoms with Crippen LogP contribution in [0.4, 0.5) is 8.78 Å². The minimum absolute atomic E-state index is 0.156. The third-order valence-corrected chi connectivity index (χ3v) is 7.28. The van der Waals surface area contributed by atoms with Crippen LogP contribution in [0.5, 0.6) is 11.6 Å². The molecule has 1 saturated heterocycles. The van der Waals surface area contributed by atoms with E-state index in [0.717, 1.165) is 18.4 Å². The number of aromatic nitrogens is 3. The van der Waals surface area contributed by atoms with Crippen molar-refractivity contribution < 1.29 is 27.8 Å². The predicted octanol–water partition coefficient (Wildman–Crippen LogP) is 3.15. The molecule has 1 aliphatic heterocycles. The van der Waals surface area contributed by atoms with Crippen LogP contribution in [-0.4, -0.2) is 76.3 Å². The molecule has 12 heteroatoms. The lowest BCUT2D eigenvalue weighted by Gasteiger charge is -2.39. The highest BCUT2D eigenvalue weighted by Crippen LogP contribution is 2.39. The van der Waals surface area contributed by atoms with E-state index < -0.39 is 30.2 Å². The molecule has 1 aliphatic carbocycles. The summed E-state index contributed by atoms with van der Waals surface area (Å²) in [6.07, 6.45) is 6.38. The van der Waals surface area contributed by atoms with Crippen LogP contribution in [0.1, 0.15) is 49.5 Å². The number of nitrogens with zero attached hydrogens (tertiary/aromatic N) is 4. The van der Waals surface area contributed by atoms with E-state index in [4.69, 9.17) is 15.2 Å². The first-order valence-electron chi connectivity index (χ1n) is 12.9. The van der Waals surface area contributed by atoms with Crippen molar-refractivity contribution in [3.8, 4) is 22.8 Å². The zero-order valence-corrected chi connectivity index (χ0v) is 22.3. The molecule has 0 unspecified atom stereocenters. The van der Waals surface area contributed by atoms with Gasteiger partial charge in [0.15, 0.2) is 0 Å². The highest BCUT2D eigenvalue weighted by atomic mass is 19.3. The molecule has 1 aromatic carbocycles. The van der Waals surface area contributed by atoms with Crippen molar-refractivity contribution in [3.05, 3.63) is 36.3 Å². The second-order valence-electron chi connectivity index (χ2n) is 10.7. The fourth-order valence-electron chi connectivity index (χ4n) is 5.03. The van der Waals surface area contributed by atoms with Crippen LogP contribution in [0.15, 0.2) is 30.7 Å². The molecule has 3 heterocycles. The fraction of sp³-hybridized carbons (Fsp3) is 0.481. The van der Waals surface area contributed by atoms with Gasteiger partial charge in [0, 0.05) is 41.4 Å². The number of carbonyl (C=O) groups is 2. The molecule has 1 saturated carbocycles. The summed E-state index contributed by atoms with van der Waals surface area (Å²) >= 11 is 0. The van der Waals surface area contributed by atoms with E-state index in [1.807, 2.05) is 24.7 Å². The van der Waals surface area contributed by atoms with E-state index in [2.05, 4.69) is 34.4 Å². The zero-order valence-electron chi connectivity index (χ0n) is 22.3. The van der Waals surface area contributed by atoms with Crippen LogP contribution in [-0.2, 0) is 4.79 Å². The van der Waals surface area contributed by atoms with Crippen LogP contribution < -0.4 is 20.5 Å². The monoisotopic (exact) mass is 542 g/mol. The molecule has 3 aromatic rings. The number of fused-ring (bicyclic) bond motifs is 1. The molecule has 0 spiro atoms. The number of rotatable bonds is 9. The van der Waals surface area contributed by atoms with Gasteiger partial charge >= 0.3 is 5.92 Å². The number of amides is 2. The number of primary amides is 1. The van der Waals surface area contributed by atoms with Crippen LogP contribution in [0.2, 0.25) is 0 Å². The minimum atomic E-state index is -3.44. The lowest BCUT2D eigenvalue weighted by atomic mass is 9.86. The molecule has 5 rings (SSSR count). The van der Waals surface area contributed by atoms with Crippen LogP contribution in [0, 0.1) is 0 Å². The molecule has 10 nitrogen and oxygen atoms in total. The van der Waals surface area contributed by atoms with Gasteiger partial charge in [-0.1, -0.05) is 0 Å². The summed E-state index contributed by atoms with van der Waals surface area (Å²) in [5, 5.41) is 7.95. The second-order valence-corrected chi connectivity index (χ2v) is 10.7. The quantitative estimate of drug-likeness (QED) is 0.426. The lowest BCUT2D eigenvalue weighted by molar-refractivity contribution is -0.139. The lowest BCUT2D eigenvalue weighted by Crippen LogP contribution is -2.41. The Bertz CT molecular complexity index is 1420. The molecule has 1 atom stereocenters. The normalized spacial score (nSPS) is 22.3. The first-order valence-corrected chi connectivity index (χ1v) is 12.9. The van der Waals surface area contributed by atoms with Crippen LogP contribution in [0.25, 0.3) is 21.9 Å². The number of pyridine rings is 1. The number of nitrogens with one attached hydrogen (secondary N) is 1. The largest absolute Gasteiger partial charge is 0.490 e. The number of halogens is 2. The van der Waals surface area contributed by atoms with E-state index >= 15 is 0 Å². The first-order chi connectivity index (χ1) is 18.4. The minimum Gasteiger partial charge on any atom is -0.490 e. The molecular weight excluding hydrogens is 510 g/mol. The van der Waals surface area contributed by atoms with Crippen molar-refractivity contribution in [2.24, 2.45) is 5.73 Å². The molecule has 2 aromatic heterocycles. The molecule has 39 heavy (non-hydrogen) atoms. The van der Waals surface area contributed by atoms with Gasteiger partial charge in [-0.3, -0.25) is 14.3 Å². The third-order valence-electron chi connectivity index (χ3n) is 7.28. The Morgan fingerprint density at radius 3 is 2.62 bits per heavy atom. The summed E-state index contributed by atoms with van der Waals surface area (Å²) in [7, 11) is 4.13. The van der Waals surface area contributed by atoms with Crippen molar-refractivity contribution in [2.45, 2.75) is 63.3 Å². The predicted molar refractivity (Wildman–Crippen MR) is 140 cm³/mol. The highest BCUT2D eigenvalue weighted by Gasteiger charge is 2.48. The van der Waals surface area contributed by atoms with Gasteiger partial charge in [0.05, 0.1) is 29.9 Å². The Labute approximate surface area is 224 Å². The second kappa shape index (κ2) is 10.1. The number of hydrogen-bond donors (Lipinski definition) is 2. The number of alkyl halides is 2. The topological polar surface area (TPSA) is 125 Å². The zero-order chi connectivity index (χ0) is 28.1. The van der Waals surface area contributed by atoms with Gasteiger partial charge in [0.1, 0.15) is 12.4 Å². The van der Waals surface area contributed by atoms with Crippen molar-refractivity contribution in [1.82, 2.24) is 25.0 Å². The molecule has 2 amide bonds. The number of ether oxygens (including phenoxy) is 2. The fourth-order valence-corrected chi connectivity index (χ4v) is 5.03. The van der Waals surface area contributed by atoms with Crippen molar-refractivity contribution in [2.75, 3.05) is 20.7 Å². The molecule has 2 fully saturated rings. The van der Waals surface area contributed by atoms with E-state index in [1.54, 1.807) is 24.5 Å². The van der Waals surface area contributed by atoms with Crippen molar-refractivity contribution in [3.63, 3.8) is 0 Å². The average molecular weight is 543 g/mol. The summed E-state index contributed by atoms with van der Waals surface area (Å²) in [4.78, 5) is 30.6. The molecule has 208 valence electrons. The van der Waals surface area contributed by atoms with Gasteiger partial charge < -0.3 is 25.4 Å². The maximum atomic E-state index is 13.7. The standard InChI is InChI=1S/C27H32F2N6O4/c1-14(2)39-23-8-20-19(7-21(23)24(30)36)22(15-10-32-35(12-15)18-5-17(6-18)34(3)4)11-31-25(20)38-13-16-9-27(28,29)26(37)33-16/h7-8,10-12,14,16-18H,5-6,9,13H2,1-4H3,(H2,30,36)(H,33,37)/t16-,17-,18+/m0/s1. The van der Waals surface area contributed by atoms with E-state index in [9.17, 15) is 18.4 Å². The summed E-state index contributed by atoms with van der Waals surface area (Å²) in [6, 6.07) is 3.20. The van der Waals surface area contributed by atoms with Gasteiger partial charge in [-0.05, 0) is 58.3 Å². The van der Waals surface area contributed by atoms with Crippen LogP contribution in [0.3, 0.4) is 0 Å². The summed E-state index contributed by atoms with van der Waals surface area (Å²) in [6.45, 7) is 3.44. The van der Waals surface area contributed by atoms with Gasteiger partial charge in [-0.2, -0.15) is 13.9 Å². The smallest absolute Gasteiger partial charge is 0.326 e. The Kier molecular flexibility index (Phi) is 6.91. The van der Waals surface area contributed by atoms with E-state index in [1.165, 1.54) is 0 Å². The Balaban J connectivity index is 1.52. The number of carbonyl (C=O) groups excluding carboxylic acids is 2. The third kappa shape index (κ3) is 5.25. The summed E-state index contributed by atoms with van der Waals surface area (Å²) < 4.78 is 41.0. The summed E-state index contributed by atoms with van der Waals surface area (Å²) in [5.74, 6) is -5.00. The molecule has 3 N–H and O–H groups in total. The first kappa shape index (κ1) is 26.8. The SMILES string of the molecule is CC(C)Oc1cc2c(OC[C@@H]3CC(F)(F)C(=O)N3)ncc(-c3cnn([C@H]4C[C@@H](N(C)C)C4)c3)c2cc1C(N)=O. The maximum absolute atomic E-state index is 13.7. The van der Waals surface area contributed by atoms with E-state index in [0.29, 0.717) is 28.4 Å². The van der Waals surface area contributed by atoms with Gasteiger partial charge in [0.25, 0.3) is 11.8 Å². The Hall–Kier alpha value is -3.80. The summed E-state index contributed by atoms with van der Waals surface area (Å²) in [5.41, 5.74) is 7.38. The number of nitrogens with two attached hydrogens (primary N) is 1. The molecule has 0 bridgehead atoms. The van der Waals surface area contributed by atoms with Crippen molar-refractivity contribution in [1.29, 1.82) is 0 Å².